The van der Waals surface area contributed by atoms with Crippen LogP contribution in [-0.4, -0.2) is 53.9 Å². The lowest BCUT2D eigenvalue weighted by molar-refractivity contribution is -0.127. The lowest BCUT2D eigenvalue weighted by Gasteiger charge is -2.37. The number of allylic oxidation sites excluding steroid dienone is 2. The quantitative estimate of drug-likeness (QED) is 0.648. The Hall–Kier alpha value is -2.31. The number of hydrogen-bond donors (Lipinski definition) is 1. The number of rotatable bonds is 5. The summed E-state index contributed by atoms with van der Waals surface area (Å²) in [6.45, 7) is 0.285. The van der Waals surface area contributed by atoms with E-state index in [-0.39, 0.29) is 30.5 Å². The second-order valence-electron chi connectivity index (χ2n) is 5.45. The fourth-order valence-electron chi connectivity index (χ4n) is 2.12. The molecule has 1 aromatic rings. The first-order valence-electron chi connectivity index (χ1n) is 7.21. The van der Waals surface area contributed by atoms with Crippen molar-refractivity contribution in [3.05, 3.63) is 59.8 Å². The number of halogens is 1. The molecule has 0 saturated heterocycles. The maximum Gasteiger partial charge on any atom is 0.254 e. The van der Waals surface area contributed by atoms with Crippen LogP contribution < -0.4 is 0 Å². The highest BCUT2D eigenvalue weighted by Crippen LogP contribution is 2.24. The van der Waals surface area contributed by atoms with Crippen molar-refractivity contribution >= 4 is 24.5 Å². The maximum absolute atomic E-state index is 12.2. The van der Waals surface area contributed by atoms with Crippen molar-refractivity contribution in [1.29, 1.82) is 0 Å². The molecule has 0 saturated carbocycles. The van der Waals surface area contributed by atoms with Crippen LogP contribution >= 0.6 is 12.4 Å². The van der Waals surface area contributed by atoms with E-state index < -0.39 is 5.72 Å². The average Bonchev–Trinajstić information content (AvgIpc) is 2.54. The molecule has 0 spiro atoms. The predicted octanol–water partition coefficient (Wildman–Crippen LogP) is 1.77. The normalized spacial score (nSPS) is 19.7. The second-order valence-corrected chi connectivity index (χ2v) is 5.45. The third-order valence-corrected chi connectivity index (χ3v) is 3.52. The van der Waals surface area contributed by atoms with E-state index in [1.165, 1.54) is 16.0 Å². The van der Waals surface area contributed by atoms with Gasteiger partial charge in [-0.25, -0.2) is 0 Å². The molecule has 7 heteroatoms. The van der Waals surface area contributed by atoms with Crippen molar-refractivity contribution in [2.45, 2.75) is 12.3 Å². The molecular weight excluding hydrogens is 330 g/mol. The molecule has 0 aromatic heterocycles. The van der Waals surface area contributed by atoms with Gasteiger partial charge in [0.05, 0.1) is 5.57 Å². The van der Waals surface area contributed by atoms with Gasteiger partial charge in [0, 0.05) is 27.3 Å². The topological polar surface area (TPSA) is 65.4 Å². The van der Waals surface area contributed by atoms with E-state index in [0.29, 0.717) is 0 Å². The number of hydrogen-bond acceptors (Lipinski definition) is 5. The molecule has 2 rings (SSSR count). The number of nitrogens with zero attached hydrogens (tertiary/aromatic N) is 3. The van der Waals surface area contributed by atoms with Crippen LogP contribution in [0.4, 0.5) is 0 Å². The number of amides is 1. The standard InChI is InChI=1S/C17H21N3O3.ClH/c1-19(2)16(21)15-10-7-11-20(3)17(15,22)13-18-23-12-14-8-5-4-6-9-14;/h4-11,13,22H,12H2,1-3H3;1H. The summed E-state index contributed by atoms with van der Waals surface area (Å²) in [5, 5.41) is 14.7. The molecule has 0 radical (unpaired) electrons. The monoisotopic (exact) mass is 351 g/mol. The van der Waals surface area contributed by atoms with Crippen molar-refractivity contribution in [2.75, 3.05) is 21.1 Å². The fourth-order valence-corrected chi connectivity index (χ4v) is 2.12. The zero-order valence-corrected chi connectivity index (χ0v) is 14.7. The molecule has 24 heavy (non-hydrogen) atoms. The maximum atomic E-state index is 12.2. The number of likely N-dealkylation sites (N-methyl/N-ethyl adjacent to an activating group) is 2. The van der Waals surface area contributed by atoms with Crippen molar-refractivity contribution in [2.24, 2.45) is 5.16 Å². The minimum atomic E-state index is -1.65. The first kappa shape index (κ1) is 19.7. The minimum absolute atomic E-state index is 0. The minimum Gasteiger partial charge on any atom is -0.391 e. The van der Waals surface area contributed by atoms with Crippen LogP contribution in [0.1, 0.15) is 5.56 Å². The van der Waals surface area contributed by atoms with E-state index in [2.05, 4.69) is 5.16 Å². The van der Waals surface area contributed by atoms with Gasteiger partial charge in [-0.2, -0.15) is 0 Å². The summed E-state index contributed by atoms with van der Waals surface area (Å²) in [6.07, 6.45) is 6.16. The van der Waals surface area contributed by atoms with Gasteiger partial charge in [-0.05, 0) is 17.7 Å². The summed E-state index contributed by atoms with van der Waals surface area (Å²) >= 11 is 0. The molecule has 1 heterocycles. The van der Waals surface area contributed by atoms with Crippen LogP contribution in [0.5, 0.6) is 0 Å². The number of benzene rings is 1. The van der Waals surface area contributed by atoms with Crippen LogP contribution in [0.15, 0.2) is 59.4 Å². The average molecular weight is 352 g/mol. The van der Waals surface area contributed by atoms with E-state index in [1.54, 1.807) is 39.5 Å². The molecule has 1 unspecified atom stereocenters. The summed E-state index contributed by atoms with van der Waals surface area (Å²) in [5.41, 5.74) is -0.472. The molecule has 0 aliphatic carbocycles. The highest BCUT2D eigenvalue weighted by atomic mass is 35.5. The summed E-state index contributed by atoms with van der Waals surface area (Å²) < 4.78 is 0. The van der Waals surface area contributed by atoms with E-state index in [0.717, 1.165) is 5.56 Å². The lowest BCUT2D eigenvalue weighted by atomic mass is 9.98. The van der Waals surface area contributed by atoms with Crippen molar-refractivity contribution in [3.8, 4) is 0 Å². The highest BCUT2D eigenvalue weighted by Gasteiger charge is 2.39. The molecule has 6 nitrogen and oxygen atoms in total. The third-order valence-electron chi connectivity index (χ3n) is 3.52. The van der Waals surface area contributed by atoms with Gasteiger partial charge < -0.3 is 19.7 Å². The fraction of sp³-hybridized carbons (Fsp3) is 0.294. The molecule has 1 aliphatic heterocycles. The molecule has 130 valence electrons. The van der Waals surface area contributed by atoms with Crippen LogP contribution in [0.2, 0.25) is 0 Å². The van der Waals surface area contributed by atoms with Crippen LogP contribution in [0.3, 0.4) is 0 Å². The molecule has 1 N–H and O–H groups in total. The van der Waals surface area contributed by atoms with E-state index in [4.69, 9.17) is 4.84 Å². The van der Waals surface area contributed by atoms with Gasteiger partial charge in [-0.3, -0.25) is 4.79 Å². The molecule has 1 aliphatic rings. The molecule has 0 fully saturated rings. The van der Waals surface area contributed by atoms with Gasteiger partial charge in [0.25, 0.3) is 5.91 Å². The van der Waals surface area contributed by atoms with Gasteiger partial charge in [0.2, 0.25) is 5.72 Å². The SMILES string of the molecule is CN(C)C(=O)C1=CC=CN(C)C1(O)C=NOCc1ccccc1.Cl. The largest absolute Gasteiger partial charge is 0.391 e. The number of carbonyl (C=O) groups excluding carboxylic acids is 1. The number of oxime groups is 1. The summed E-state index contributed by atoms with van der Waals surface area (Å²) in [5.74, 6) is -0.293. The Balaban J connectivity index is 0.00000288. The molecular formula is C17H22ClN3O3. The lowest BCUT2D eigenvalue weighted by Crippen LogP contribution is -2.52. The molecule has 1 aromatic carbocycles. The Morgan fingerprint density at radius 3 is 2.67 bits per heavy atom. The van der Waals surface area contributed by atoms with Gasteiger partial charge in [-0.1, -0.05) is 35.5 Å². The third kappa shape index (κ3) is 4.37. The van der Waals surface area contributed by atoms with E-state index >= 15 is 0 Å². The summed E-state index contributed by atoms with van der Waals surface area (Å²) in [6, 6.07) is 9.57. The predicted molar refractivity (Wildman–Crippen MR) is 95.6 cm³/mol. The van der Waals surface area contributed by atoms with Crippen molar-refractivity contribution < 1.29 is 14.7 Å². The Morgan fingerprint density at radius 1 is 1.38 bits per heavy atom. The highest BCUT2D eigenvalue weighted by molar-refractivity contribution is 6.00. The first-order valence-corrected chi connectivity index (χ1v) is 7.21. The van der Waals surface area contributed by atoms with Gasteiger partial charge in [-0.15, -0.1) is 12.4 Å². The smallest absolute Gasteiger partial charge is 0.254 e. The summed E-state index contributed by atoms with van der Waals surface area (Å²) in [4.78, 5) is 20.4. The number of carbonyl (C=O) groups is 1. The molecule has 1 atom stereocenters. The zero-order chi connectivity index (χ0) is 16.9. The van der Waals surface area contributed by atoms with Gasteiger partial charge in [0.1, 0.15) is 12.8 Å². The summed E-state index contributed by atoms with van der Waals surface area (Å²) in [7, 11) is 4.92. The van der Waals surface area contributed by atoms with Gasteiger partial charge >= 0.3 is 0 Å². The van der Waals surface area contributed by atoms with Crippen molar-refractivity contribution in [3.63, 3.8) is 0 Å². The van der Waals surface area contributed by atoms with E-state index in [1.807, 2.05) is 30.3 Å². The molecule has 1 amide bonds. The Morgan fingerprint density at radius 2 is 2.04 bits per heavy atom. The van der Waals surface area contributed by atoms with Crippen LogP contribution in [0, 0.1) is 0 Å². The van der Waals surface area contributed by atoms with Crippen molar-refractivity contribution in [1.82, 2.24) is 9.80 Å². The Kier molecular flexibility index (Phi) is 7.00. The zero-order valence-electron chi connectivity index (χ0n) is 13.9. The Bertz CT molecular complexity index is 644. The Labute approximate surface area is 148 Å². The van der Waals surface area contributed by atoms with E-state index in [9.17, 15) is 9.90 Å². The molecule has 0 bridgehead atoms. The van der Waals surface area contributed by atoms with Crippen LogP contribution in [-0.2, 0) is 16.2 Å². The number of aliphatic hydroxyl groups is 1. The second kappa shape index (κ2) is 8.52. The first-order chi connectivity index (χ1) is 10.9. The van der Waals surface area contributed by atoms with Crippen LogP contribution in [0.25, 0.3) is 0 Å². The van der Waals surface area contributed by atoms with Gasteiger partial charge in [0.15, 0.2) is 0 Å².